The van der Waals surface area contributed by atoms with Gasteiger partial charge >= 0.3 is 0 Å². The van der Waals surface area contributed by atoms with Crippen LogP contribution >= 0.6 is 0 Å². The Morgan fingerprint density at radius 1 is 0.591 bits per heavy atom. The van der Waals surface area contributed by atoms with E-state index in [0.717, 1.165) is 19.6 Å². The maximum Gasteiger partial charge on any atom is 0.0808 e. The molecule has 4 heteroatoms. The molecule has 0 radical (unpaired) electrons. The van der Waals surface area contributed by atoms with Crippen LogP contribution in [0.25, 0.3) is 0 Å². The van der Waals surface area contributed by atoms with Gasteiger partial charge < -0.3 is 0 Å². The first-order chi connectivity index (χ1) is 10.8. The molecule has 1 aliphatic rings. The lowest BCUT2D eigenvalue weighted by molar-refractivity contribution is 0.681. The zero-order valence-corrected chi connectivity index (χ0v) is 13.6. The van der Waals surface area contributed by atoms with E-state index in [0.29, 0.717) is 12.8 Å². The molecular formula is C18H16O2S2. The Morgan fingerprint density at radius 2 is 0.955 bits per heavy atom. The van der Waals surface area contributed by atoms with Crippen LogP contribution in [-0.4, -0.2) is 8.42 Å². The van der Waals surface area contributed by atoms with E-state index in [1.807, 2.05) is 72.8 Å². The van der Waals surface area contributed by atoms with Crippen molar-refractivity contribution >= 4 is 21.6 Å². The number of hydrogen-bond acceptors (Lipinski definition) is 2. The van der Waals surface area contributed by atoms with Crippen molar-refractivity contribution in [1.82, 2.24) is 0 Å². The van der Waals surface area contributed by atoms with Gasteiger partial charge in [0.05, 0.1) is 21.6 Å². The van der Waals surface area contributed by atoms with Crippen LogP contribution < -0.4 is 0 Å². The minimum atomic E-state index is -1.12. The third-order valence-electron chi connectivity index (χ3n) is 3.46. The zero-order valence-electron chi connectivity index (χ0n) is 12.0. The van der Waals surface area contributed by atoms with Gasteiger partial charge in [-0.1, -0.05) is 36.4 Å². The van der Waals surface area contributed by atoms with Crippen LogP contribution in [0.3, 0.4) is 0 Å². The molecule has 0 fully saturated rings. The summed E-state index contributed by atoms with van der Waals surface area (Å²) in [6.07, 6.45) is 5.10. The first kappa shape index (κ1) is 15.1. The first-order valence-electron chi connectivity index (χ1n) is 7.09. The molecule has 2 atom stereocenters. The first-order valence-corrected chi connectivity index (χ1v) is 9.39. The minimum Gasteiger partial charge on any atom is -0.249 e. The lowest BCUT2D eigenvalue weighted by Crippen LogP contribution is -2.04. The summed E-state index contributed by atoms with van der Waals surface area (Å²) in [5, 5.41) is 0. The monoisotopic (exact) mass is 328 g/mol. The zero-order chi connectivity index (χ0) is 15.4. The largest absolute Gasteiger partial charge is 0.249 e. The predicted molar refractivity (Wildman–Crippen MR) is 91.1 cm³/mol. The van der Waals surface area contributed by atoms with Gasteiger partial charge in [0.15, 0.2) is 0 Å². The Labute approximate surface area is 135 Å². The quantitative estimate of drug-likeness (QED) is 0.844. The van der Waals surface area contributed by atoms with Crippen LogP contribution in [0.4, 0.5) is 0 Å². The number of rotatable bonds is 4. The summed E-state index contributed by atoms with van der Waals surface area (Å²) in [6.45, 7) is 0. The van der Waals surface area contributed by atoms with Gasteiger partial charge in [-0.15, -0.1) is 0 Å². The molecule has 0 aliphatic heterocycles. The molecular weight excluding hydrogens is 312 g/mol. The van der Waals surface area contributed by atoms with Gasteiger partial charge in [0.1, 0.15) is 0 Å². The van der Waals surface area contributed by atoms with E-state index in [9.17, 15) is 8.42 Å². The van der Waals surface area contributed by atoms with E-state index in [1.54, 1.807) is 0 Å². The Hall–Kier alpha value is -1.78. The highest BCUT2D eigenvalue weighted by molar-refractivity contribution is 7.89. The second kappa shape index (κ2) is 6.99. The average Bonchev–Trinajstić information content (AvgIpc) is 2.62. The molecule has 0 saturated carbocycles. The summed E-state index contributed by atoms with van der Waals surface area (Å²) >= 11 is 0. The van der Waals surface area contributed by atoms with Gasteiger partial charge in [-0.25, -0.2) is 8.42 Å². The highest BCUT2D eigenvalue weighted by Gasteiger charge is 2.17. The van der Waals surface area contributed by atoms with Crippen LogP contribution in [-0.2, 0) is 21.6 Å². The van der Waals surface area contributed by atoms with Crippen LogP contribution in [0.5, 0.6) is 0 Å². The van der Waals surface area contributed by atoms with E-state index in [1.165, 1.54) is 0 Å². The third-order valence-corrected chi connectivity index (χ3v) is 6.50. The summed E-state index contributed by atoms with van der Waals surface area (Å²) in [4.78, 5) is 3.41. The Balaban J connectivity index is 1.80. The van der Waals surface area contributed by atoms with Gasteiger partial charge in [0, 0.05) is 19.6 Å². The van der Waals surface area contributed by atoms with Gasteiger partial charge in [0.2, 0.25) is 0 Å². The molecule has 2 unspecified atom stereocenters. The minimum absolute atomic E-state index is 0.686. The molecule has 2 aromatic rings. The van der Waals surface area contributed by atoms with Crippen molar-refractivity contribution in [3.63, 3.8) is 0 Å². The van der Waals surface area contributed by atoms with E-state index in [4.69, 9.17) is 0 Å². The molecule has 0 bridgehead atoms. The number of allylic oxidation sites excluding steroid dienone is 4. The van der Waals surface area contributed by atoms with Crippen molar-refractivity contribution in [2.75, 3.05) is 0 Å². The van der Waals surface area contributed by atoms with E-state index >= 15 is 0 Å². The fourth-order valence-electron chi connectivity index (χ4n) is 2.30. The normalized spacial score (nSPS) is 17.3. The van der Waals surface area contributed by atoms with Crippen molar-refractivity contribution in [3.8, 4) is 0 Å². The Morgan fingerprint density at radius 3 is 1.27 bits per heavy atom. The maximum absolute atomic E-state index is 12.5. The van der Waals surface area contributed by atoms with Crippen molar-refractivity contribution in [1.29, 1.82) is 0 Å². The molecule has 2 nitrogen and oxygen atoms in total. The highest BCUT2D eigenvalue weighted by atomic mass is 32.2. The van der Waals surface area contributed by atoms with Gasteiger partial charge in [-0.05, 0) is 49.3 Å². The van der Waals surface area contributed by atoms with Gasteiger partial charge in [0.25, 0.3) is 0 Å². The fraction of sp³-hybridized carbons (Fsp3) is 0.111. The Kier molecular flexibility index (Phi) is 4.80. The molecule has 3 rings (SSSR count). The summed E-state index contributed by atoms with van der Waals surface area (Å²) in [6, 6.07) is 18.9. The summed E-state index contributed by atoms with van der Waals surface area (Å²) in [5.74, 6) is 0. The summed E-state index contributed by atoms with van der Waals surface area (Å²) < 4.78 is 25.0. The van der Waals surface area contributed by atoms with Crippen LogP contribution in [0.2, 0.25) is 0 Å². The predicted octanol–water partition coefficient (Wildman–Crippen LogP) is 4.16. The van der Waals surface area contributed by atoms with E-state index in [2.05, 4.69) is 0 Å². The topological polar surface area (TPSA) is 34.1 Å². The SMILES string of the molecule is O=S(C1=CC=C(S(=O)c2ccccc2)CC1)c1ccccc1. The molecule has 0 amide bonds. The Bertz CT molecular complexity index is 695. The van der Waals surface area contributed by atoms with Crippen molar-refractivity contribution < 1.29 is 8.42 Å². The van der Waals surface area contributed by atoms with Crippen molar-refractivity contribution in [2.45, 2.75) is 22.6 Å². The summed E-state index contributed by atoms with van der Waals surface area (Å²) in [5.41, 5.74) is 0. The van der Waals surface area contributed by atoms with E-state index < -0.39 is 21.6 Å². The molecule has 1 aliphatic carbocycles. The lowest BCUT2D eigenvalue weighted by atomic mass is 10.2. The van der Waals surface area contributed by atoms with Gasteiger partial charge in [-0.3, -0.25) is 0 Å². The smallest absolute Gasteiger partial charge is 0.0808 e. The van der Waals surface area contributed by atoms with Crippen molar-refractivity contribution in [3.05, 3.63) is 82.6 Å². The number of hydrogen-bond donors (Lipinski definition) is 0. The molecule has 0 N–H and O–H groups in total. The molecule has 0 heterocycles. The molecule has 112 valence electrons. The molecule has 0 saturated heterocycles. The van der Waals surface area contributed by atoms with Crippen molar-refractivity contribution in [2.24, 2.45) is 0 Å². The average molecular weight is 328 g/mol. The molecule has 22 heavy (non-hydrogen) atoms. The maximum atomic E-state index is 12.5. The molecule has 2 aromatic carbocycles. The standard InChI is InChI=1S/C18H16O2S2/c19-21(15-7-3-1-4-8-15)17-11-13-18(14-12-17)22(20)16-9-5-2-6-10-16/h1-11,13H,12,14H2. The highest BCUT2D eigenvalue weighted by Crippen LogP contribution is 2.28. The van der Waals surface area contributed by atoms with Crippen LogP contribution in [0, 0.1) is 0 Å². The second-order valence-corrected chi connectivity index (χ2v) is 8.00. The van der Waals surface area contributed by atoms with Crippen LogP contribution in [0.15, 0.2) is 92.4 Å². The van der Waals surface area contributed by atoms with Crippen LogP contribution in [0.1, 0.15) is 12.8 Å². The third kappa shape index (κ3) is 3.34. The fourth-order valence-corrected chi connectivity index (χ4v) is 4.67. The number of benzene rings is 2. The summed E-state index contributed by atoms with van der Waals surface area (Å²) in [7, 11) is -2.25. The van der Waals surface area contributed by atoms with E-state index in [-0.39, 0.29) is 0 Å². The lowest BCUT2D eigenvalue weighted by Gasteiger charge is -2.14. The molecule has 0 spiro atoms. The van der Waals surface area contributed by atoms with Gasteiger partial charge in [-0.2, -0.15) is 0 Å². The molecule has 0 aromatic heterocycles. The second-order valence-electron chi connectivity index (χ2n) is 4.93.